The molecule has 0 spiro atoms. The summed E-state index contributed by atoms with van der Waals surface area (Å²) in [5.41, 5.74) is 3.55. The van der Waals surface area contributed by atoms with Gasteiger partial charge >= 0.3 is 0 Å². The zero-order chi connectivity index (χ0) is 26.0. The molecule has 0 radical (unpaired) electrons. The van der Waals surface area contributed by atoms with E-state index in [0.717, 1.165) is 25.1 Å². The maximum atomic E-state index is 13.4. The summed E-state index contributed by atoms with van der Waals surface area (Å²) >= 11 is 0. The van der Waals surface area contributed by atoms with Crippen molar-refractivity contribution in [2.24, 2.45) is 5.92 Å². The van der Waals surface area contributed by atoms with Crippen LogP contribution in [0.4, 0.5) is 0 Å². The molecule has 0 bridgehead atoms. The summed E-state index contributed by atoms with van der Waals surface area (Å²) in [6.07, 6.45) is 2.12. The van der Waals surface area contributed by atoms with Crippen molar-refractivity contribution < 1.29 is 26.7 Å². The quantitative estimate of drug-likeness (QED) is 0.483. The van der Waals surface area contributed by atoms with Crippen LogP contribution in [-0.2, 0) is 39.7 Å². The minimum absolute atomic E-state index is 0.128. The molecule has 0 atom stereocenters. The molecular formula is C26H35N3O6S2. The Bertz CT molecular complexity index is 1290. The van der Waals surface area contributed by atoms with E-state index in [-0.39, 0.29) is 23.2 Å². The summed E-state index contributed by atoms with van der Waals surface area (Å²) in [6.45, 7) is 4.09. The van der Waals surface area contributed by atoms with Gasteiger partial charge in [-0.3, -0.25) is 4.90 Å². The zero-order valence-electron chi connectivity index (χ0n) is 21.0. The van der Waals surface area contributed by atoms with Gasteiger partial charge in [0.25, 0.3) is 0 Å². The second-order valence-electron chi connectivity index (χ2n) is 10.1. The van der Waals surface area contributed by atoms with Gasteiger partial charge in [0, 0.05) is 45.8 Å². The Morgan fingerprint density at radius 1 is 0.892 bits per heavy atom. The molecule has 2 aromatic rings. The number of nitrogens with zero attached hydrogens (tertiary/aromatic N) is 3. The van der Waals surface area contributed by atoms with E-state index >= 15 is 0 Å². The van der Waals surface area contributed by atoms with Gasteiger partial charge in [-0.05, 0) is 54.0 Å². The molecule has 2 fully saturated rings. The van der Waals surface area contributed by atoms with Crippen LogP contribution in [0.3, 0.4) is 0 Å². The largest absolute Gasteiger partial charge is 0.492 e. The Morgan fingerprint density at radius 3 is 2.16 bits per heavy atom. The first-order valence-corrected chi connectivity index (χ1v) is 15.9. The van der Waals surface area contributed by atoms with Crippen LogP contribution < -0.4 is 4.74 Å². The molecule has 5 rings (SSSR count). The number of aliphatic hydroxyl groups excluding tert-OH is 1. The van der Waals surface area contributed by atoms with E-state index in [1.807, 2.05) is 18.2 Å². The van der Waals surface area contributed by atoms with Gasteiger partial charge in [-0.25, -0.2) is 21.1 Å². The van der Waals surface area contributed by atoms with E-state index in [1.165, 1.54) is 19.7 Å². The van der Waals surface area contributed by atoms with Crippen molar-refractivity contribution in [2.45, 2.75) is 43.8 Å². The number of fused-ring (bicyclic) bond motifs is 1. The highest BCUT2D eigenvalue weighted by atomic mass is 32.2. The lowest BCUT2D eigenvalue weighted by Crippen LogP contribution is -2.42. The fourth-order valence-electron chi connectivity index (χ4n) is 5.22. The van der Waals surface area contributed by atoms with Crippen molar-refractivity contribution in [2.75, 3.05) is 45.1 Å². The predicted octanol–water partition coefficient (Wildman–Crippen LogP) is 2.01. The third kappa shape index (κ3) is 5.86. The SMILES string of the molecule is O=S(=O)(CCO)N1CCC(COc2ccc(CN3Cc4ccccc4C3)cc2S(=O)(=O)N2CCC2)CC1. The molecule has 1 N–H and O–H groups in total. The van der Waals surface area contributed by atoms with E-state index in [0.29, 0.717) is 57.9 Å². The highest BCUT2D eigenvalue weighted by molar-refractivity contribution is 7.89. The number of aliphatic hydroxyl groups is 1. The average Bonchev–Trinajstić information content (AvgIpc) is 3.24. The minimum atomic E-state index is -3.65. The Morgan fingerprint density at radius 2 is 1.57 bits per heavy atom. The van der Waals surface area contributed by atoms with Gasteiger partial charge in [-0.1, -0.05) is 30.3 Å². The number of hydrogen-bond acceptors (Lipinski definition) is 7. The topological polar surface area (TPSA) is 107 Å². The van der Waals surface area contributed by atoms with Crippen LogP contribution in [0.1, 0.15) is 36.0 Å². The van der Waals surface area contributed by atoms with Gasteiger partial charge < -0.3 is 9.84 Å². The Balaban J connectivity index is 1.27. The zero-order valence-corrected chi connectivity index (χ0v) is 22.6. The van der Waals surface area contributed by atoms with Crippen molar-refractivity contribution in [1.29, 1.82) is 0 Å². The van der Waals surface area contributed by atoms with Crippen LogP contribution in [-0.4, -0.2) is 80.6 Å². The molecule has 2 saturated heterocycles. The van der Waals surface area contributed by atoms with Crippen LogP contribution >= 0.6 is 0 Å². The van der Waals surface area contributed by atoms with Crippen LogP contribution in [0.15, 0.2) is 47.4 Å². The summed E-state index contributed by atoms with van der Waals surface area (Å²) in [4.78, 5) is 2.52. The molecule has 3 aliphatic heterocycles. The van der Waals surface area contributed by atoms with Crippen LogP contribution in [0.2, 0.25) is 0 Å². The molecule has 37 heavy (non-hydrogen) atoms. The van der Waals surface area contributed by atoms with Crippen LogP contribution in [0.25, 0.3) is 0 Å². The Hall–Kier alpha value is -2.02. The highest BCUT2D eigenvalue weighted by Crippen LogP contribution is 2.33. The Labute approximate surface area is 219 Å². The first-order valence-electron chi connectivity index (χ1n) is 12.9. The molecule has 202 valence electrons. The van der Waals surface area contributed by atoms with E-state index in [1.54, 1.807) is 12.1 Å². The maximum Gasteiger partial charge on any atom is 0.246 e. The van der Waals surface area contributed by atoms with Gasteiger partial charge in [0.2, 0.25) is 20.0 Å². The van der Waals surface area contributed by atoms with Crippen molar-refractivity contribution >= 4 is 20.0 Å². The summed E-state index contributed by atoms with van der Waals surface area (Å²) in [7, 11) is -7.09. The van der Waals surface area contributed by atoms with Crippen molar-refractivity contribution in [1.82, 2.24) is 13.5 Å². The highest BCUT2D eigenvalue weighted by Gasteiger charge is 2.33. The summed E-state index contributed by atoms with van der Waals surface area (Å²) in [6, 6.07) is 13.8. The van der Waals surface area contributed by atoms with Crippen molar-refractivity contribution in [3.8, 4) is 5.75 Å². The standard InChI is InChI=1S/C26H35N3O6S2/c30-14-15-36(31,32)28-12-8-21(9-13-28)20-35-25-7-6-22(16-26(25)37(33,34)29-10-3-11-29)17-27-18-23-4-1-2-5-24(23)19-27/h1-2,4-7,16,21,30H,3,8-15,17-20H2. The third-order valence-electron chi connectivity index (χ3n) is 7.54. The van der Waals surface area contributed by atoms with Crippen molar-refractivity contribution in [3.05, 3.63) is 59.2 Å². The number of rotatable bonds is 10. The number of benzene rings is 2. The molecule has 2 aromatic carbocycles. The molecule has 0 amide bonds. The summed E-state index contributed by atoms with van der Waals surface area (Å²) in [5, 5.41) is 9.01. The van der Waals surface area contributed by atoms with Crippen LogP contribution in [0, 0.1) is 5.92 Å². The first-order chi connectivity index (χ1) is 17.8. The average molecular weight is 550 g/mol. The number of hydrogen-bond donors (Lipinski definition) is 1. The summed E-state index contributed by atoms with van der Waals surface area (Å²) in [5.74, 6) is 0.223. The molecule has 11 heteroatoms. The van der Waals surface area contributed by atoms with E-state index in [4.69, 9.17) is 9.84 Å². The van der Waals surface area contributed by atoms with Gasteiger partial charge in [0.05, 0.1) is 19.0 Å². The first kappa shape index (κ1) is 26.6. The molecule has 3 heterocycles. The third-order valence-corrected chi connectivity index (χ3v) is 11.3. The molecule has 0 aliphatic carbocycles. The fraction of sp³-hybridized carbons (Fsp3) is 0.538. The maximum absolute atomic E-state index is 13.4. The monoisotopic (exact) mass is 549 g/mol. The lowest BCUT2D eigenvalue weighted by atomic mass is 9.99. The van der Waals surface area contributed by atoms with Gasteiger partial charge in [0.1, 0.15) is 10.6 Å². The van der Waals surface area contributed by atoms with Gasteiger partial charge in [0.15, 0.2) is 0 Å². The second kappa shape index (κ2) is 11.0. The van der Waals surface area contributed by atoms with Crippen LogP contribution in [0.5, 0.6) is 5.75 Å². The molecule has 9 nitrogen and oxygen atoms in total. The summed E-state index contributed by atoms with van der Waals surface area (Å²) < 4.78 is 60.2. The van der Waals surface area contributed by atoms with E-state index in [2.05, 4.69) is 17.0 Å². The molecular weight excluding hydrogens is 514 g/mol. The van der Waals surface area contributed by atoms with E-state index < -0.39 is 20.0 Å². The Kier molecular flexibility index (Phi) is 7.90. The molecule has 0 unspecified atom stereocenters. The minimum Gasteiger partial charge on any atom is -0.492 e. The predicted molar refractivity (Wildman–Crippen MR) is 140 cm³/mol. The number of ether oxygens (including phenoxy) is 1. The van der Waals surface area contributed by atoms with Gasteiger partial charge in [-0.15, -0.1) is 0 Å². The smallest absolute Gasteiger partial charge is 0.246 e. The molecule has 3 aliphatic rings. The second-order valence-corrected chi connectivity index (χ2v) is 14.1. The van der Waals surface area contributed by atoms with Gasteiger partial charge in [-0.2, -0.15) is 4.31 Å². The molecule has 0 aromatic heterocycles. The normalized spacial score (nSPS) is 20.0. The number of piperidine rings is 1. The molecule has 0 saturated carbocycles. The van der Waals surface area contributed by atoms with E-state index in [9.17, 15) is 16.8 Å². The number of sulfonamides is 2. The lowest BCUT2D eigenvalue weighted by Gasteiger charge is -2.32. The fourth-order valence-corrected chi connectivity index (χ4v) is 8.17. The lowest BCUT2D eigenvalue weighted by molar-refractivity contribution is 0.181. The van der Waals surface area contributed by atoms with Crippen molar-refractivity contribution in [3.63, 3.8) is 0 Å².